The Morgan fingerprint density at radius 1 is 1.32 bits per heavy atom. The molecular formula is C15H20N2O2. The number of amidine groups is 1. The van der Waals surface area contributed by atoms with Crippen LogP contribution in [-0.4, -0.2) is 17.6 Å². The second-order valence-electron chi connectivity index (χ2n) is 5.84. The van der Waals surface area contributed by atoms with Crippen LogP contribution in [-0.2, 0) is 12.8 Å². The molecule has 0 radical (unpaired) electrons. The molecule has 102 valence electrons. The van der Waals surface area contributed by atoms with E-state index in [1.165, 1.54) is 30.4 Å². The predicted molar refractivity (Wildman–Crippen MR) is 73.7 cm³/mol. The van der Waals surface area contributed by atoms with Gasteiger partial charge in [0, 0.05) is 11.8 Å². The number of nitrogens with two attached hydrogens (primary N) is 1. The summed E-state index contributed by atoms with van der Waals surface area (Å²) in [6.07, 6.45) is 6.42. The molecule has 0 spiro atoms. The molecule has 1 aromatic rings. The van der Waals surface area contributed by atoms with Gasteiger partial charge in [-0.05, 0) is 55.4 Å². The van der Waals surface area contributed by atoms with Crippen LogP contribution in [0.5, 0.6) is 5.75 Å². The maximum atomic E-state index is 8.64. The molecule has 4 heteroatoms. The zero-order chi connectivity index (χ0) is 13.3. The summed E-state index contributed by atoms with van der Waals surface area (Å²) in [4.78, 5) is 0. The number of hydrogen-bond donors (Lipinski definition) is 2. The van der Waals surface area contributed by atoms with E-state index < -0.39 is 0 Å². The van der Waals surface area contributed by atoms with Gasteiger partial charge in [-0.1, -0.05) is 11.2 Å². The number of aryl methyl sites for hydroxylation is 2. The van der Waals surface area contributed by atoms with Gasteiger partial charge >= 0.3 is 0 Å². The molecule has 3 rings (SSSR count). The first-order valence-electron chi connectivity index (χ1n) is 6.92. The molecule has 0 heterocycles. The van der Waals surface area contributed by atoms with Crippen molar-refractivity contribution in [1.82, 2.24) is 0 Å². The van der Waals surface area contributed by atoms with Crippen LogP contribution in [0.2, 0.25) is 0 Å². The maximum Gasteiger partial charge on any atom is 0.139 e. The van der Waals surface area contributed by atoms with Crippen molar-refractivity contribution in [1.29, 1.82) is 0 Å². The van der Waals surface area contributed by atoms with E-state index in [4.69, 9.17) is 15.7 Å². The largest absolute Gasteiger partial charge is 0.493 e. The quantitative estimate of drug-likeness (QED) is 0.370. The van der Waals surface area contributed by atoms with Crippen molar-refractivity contribution < 1.29 is 9.94 Å². The Balaban J connectivity index is 1.60. The lowest BCUT2D eigenvalue weighted by Gasteiger charge is -2.16. The molecule has 0 saturated heterocycles. The van der Waals surface area contributed by atoms with Crippen molar-refractivity contribution in [2.45, 2.75) is 38.5 Å². The molecular weight excluding hydrogens is 240 g/mol. The number of ether oxygens (including phenoxy) is 1. The van der Waals surface area contributed by atoms with Crippen LogP contribution in [0.25, 0.3) is 0 Å². The molecule has 1 saturated carbocycles. The van der Waals surface area contributed by atoms with E-state index in [1.807, 2.05) is 0 Å². The Hall–Kier alpha value is -1.71. The van der Waals surface area contributed by atoms with Crippen molar-refractivity contribution in [3.8, 4) is 5.75 Å². The molecule has 3 N–H and O–H groups in total. The highest BCUT2D eigenvalue weighted by Crippen LogP contribution is 2.49. The predicted octanol–water partition coefficient (Wildman–Crippen LogP) is 2.47. The second kappa shape index (κ2) is 4.76. The average Bonchev–Trinajstić information content (AvgIpc) is 3.02. The zero-order valence-electron chi connectivity index (χ0n) is 11.1. The van der Waals surface area contributed by atoms with Gasteiger partial charge in [0.25, 0.3) is 0 Å². The van der Waals surface area contributed by atoms with Crippen molar-refractivity contribution >= 4 is 5.84 Å². The van der Waals surface area contributed by atoms with Crippen molar-refractivity contribution in [3.63, 3.8) is 0 Å². The van der Waals surface area contributed by atoms with Gasteiger partial charge in [-0.25, -0.2) is 0 Å². The van der Waals surface area contributed by atoms with Crippen molar-refractivity contribution in [3.05, 3.63) is 29.3 Å². The molecule has 4 nitrogen and oxygen atoms in total. The molecule has 0 unspecified atom stereocenters. The SMILES string of the molecule is NC(CC1(COc2ccc3c(c2)CCC3)CC1)=NO. The fourth-order valence-electron chi connectivity index (χ4n) is 2.84. The summed E-state index contributed by atoms with van der Waals surface area (Å²) in [6, 6.07) is 6.41. The molecule has 0 atom stereocenters. The zero-order valence-corrected chi connectivity index (χ0v) is 11.1. The Labute approximate surface area is 113 Å². The molecule has 1 aromatic carbocycles. The third kappa shape index (κ3) is 2.67. The molecule has 0 aromatic heterocycles. The minimum atomic E-state index is 0.0926. The number of nitrogens with zero attached hydrogens (tertiary/aromatic N) is 1. The van der Waals surface area contributed by atoms with Gasteiger partial charge in [-0.15, -0.1) is 0 Å². The lowest BCUT2D eigenvalue weighted by atomic mass is 10.0. The first-order chi connectivity index (χ1) is 9.21. The Morgan fingerprint density at radius 3 is 2.84 bits per heavy atom. The summed E-state index contributed by atoms with van der Waals surface area (Å²) >= 11 is 0. The first kappa shape index (κ1) is 12.3. The van der Waals surface area contributed by atoms with Crippen molar-refractivity contribution in [2.24, 2.45) is 16.3 Å². The molecule has 1 fully saturated rings. The third-order valence-corrected chi connectivity index (χ3v) is 4.26. The molecule has 0 amide bonds. The molecule has 2 aliphatic carbocycles. The standard InChI is InChI=1S/C15H20N2O2/c16-14(17-18)9-15(6-7-15)10-19-13-5-4-11-2-1-3-12(11)8-13/h4-5,8,18H,1-3,6-7,9-10H2,(H2,16,17). The van der Waals surface area contributed by atoms with E-state index >= 15 is 0 Å². The van der Waals surface area contributed by atoms with E-state index in [0.717, 1.165) is 18.6 Å². The van der Waals surface area contributed by atoms with Crippen LogP contribution in [0, 0.1) is 5.41 Å². The summed E-state index contributed by atoms with van der Waals surface area (Å²) < 4.78 is 5.91. The number of hydrogen-bond acceptors (Lipinski definition) is 3. The van der Waals surface area contributed by atoms with E-state index in [9.17, 15) is 0 Å². The van der Waals surface area contributed by atoms with E-state index in [1.54, 1.807) is 0 Å². The lowest BCUT2D eigenvalue weighted by molar-refractivity contribution is 0.236. The number of rotatable bonds is 5. The van der Waals surface area contributed by atoms with Gasteiger partial charge in [-0.2, -0.15) is 0 Å². The van der Waals surface area contributed by atoms with Crippen LogP contribution < -0.4 is 10.5 Å². The molecule has 2 aliphatic rings. The average molecular weight is 260 g/mol. The Bertz CT molecular complexity index is 507. The summed E-state index contributed by atoms with van der Waals surface area (Å²) in [6.45, 7) is 0.655. The van der Waals surface area contributed by atoms with Crippen LogP contribution in [0.4, 0.5) is 0 Å². The second-order valence-corrected chi connectivity index (χ2v) is 5.84. The van der Waals surface area contributed by atoms with Crippen LogP contribution >= 0.6 is 0 Å². The minimum Gasteiger partial charge on any atom is -0.493 e. The summed E-state index contributed by atoms with van der Waals surface area (Å²) in [5, 5.41) is 11.7. The van der Waals surface area contributed by atoms with Gasteiger partial charge < -0.3 is 15.7 Å². The smallest absolute Gasteiger partial charge is 0.139 e. The van der Waals surface area contributed by atoms with E-state index in [-0.39, 0.29) is 5.41 Å². The van der Waals surface area contributed by atoms with E-state index in [2.05, 4.69) is 23.4 Å². The van der Waals surface area contributed by atoms with Crippen molar-refractivity contribution in [2.75, 3.05) is 6.61 Å². The summed E-state index contributed by atoms with van der Waals surface area (Å²) in [5.74, 6) is 1.25. The summed E-state index contributed by atoms with van der Waals surface area (Å²) in [5.41, 5.74) is 8.57. The van der Waals surface area contributed by atoms with Gasteiger partial charge in [0.15, 0.2) is 0 Å². The van der Waals surface area contributed by atoms with Gasteiger partial charge in [-0.3, -0.25) is 0 Å². The Morgan fingerprint density at radius 2 is 2.11 bits per heavy atom. The highest BCUT2D eigenvalue weighted by molar-refractivity contribution is 5.80. The van der Waals surface area contributed by atoms with Gasteiger partial charge in [0.1, 0.15) is 11.6 Å². The highest BCUT2D eigenvalue weighted by Gasteiger charge is 2.44. The van der Waals surface area contributed by atoms with Gasteiger partial charge in [0.05, 0.1) is 6.61 Å². The van der Waals surface area contributed by atoms with Crippen LogP contribution in [0.1, 0.15) is 36.8 Å². The number of benzene rings is 1. The lowest BCUT2D eigenvalue weighted by Crippen LogP contribution is -2.22. The fraction of sp³-hybridized carbons (Fsp3) is 0.533. The fourth-order valence-corrected chi connectivity index (χ4v) is 2.84. The molecule has 19 heavy (non-hydrogen) atoms. The normalized spacial score (nSPS) is 20.1. The van der Waals surface area contributed by atoms with E-state index in [0.29, 0.717) is 18.9 Å². The Kier molecular flexibility index (Phi) is 3.09. The number of fused-ring (bicyclic) bond motifs is 1. The third-order valence-electron chi connectivity index (χ3n) is 4.26. The number of oxime groups is 1. The monoisotopic (exact) mass is 260 g/mol. The van der Waals surface area contributed by atoms with Crippen LogP contribution in [0.15, 0.2) is 23.4 Å². The van der Waals surface area contributed by atoms with Gasteiger partial charge in [0.2, 0.25) is 0 Å². The highest BCUT2D eigenvalue weighted by atomic mass is 16.5. The molecule has 0 bridgehead atoms. The first-order valence-corrected chi connectivity index (χ1v) is 6.92. The topological polar surface area (TPSA) is 67.8 Å². The summed E-state index contributed by atoms with van der Waals surface area (Å²) in [7, 11) is 0. The molecule has 0 aliphatic heterocycles. The maximum absolute atomic E-state index is 8.64. The minimum absolute atomic E-state index is 0.0926. The van der Waals surface area contributed by atoms with Crippen LogP contribution in [0.3, 0.4) is 0 Å².